The van der Waals surface area contributed by atoms with Gasteiger partial charge in [-0.2, -0.15) is 0 Å². The highest BCUT2D eigenvalue weighted by Crippen LogP contribution is 2.35. The minimum atomic E-state index is 0.225. The highest BCUT2D eigenvalue weighted by molar-refractivity contribution is 8.00. The lowest BCUT2D eigenvalue weighted by atomic mass is 10.2. The zero-order chi connectivity index (χ0) is 12.3. The number of carbonyl (C=O) groups is 1. The van der Waals surface area contributed by atoms with E-state index in [1.165, 1.54) is 0 Å². The molecule has 1 aromatic carbocycles. The Balaban J connectivity index is 2.04. The lowest BCUT2D eigenvalue weighted by molar-refractivity contribution is -0.116. The van der Waals surface area contributed by atoms with Crippen molar-refractivity contribution in [1.82, 2.24) is 0 Å². The summed E-state index contributed by atoms with van der Waals surface area (Å²) in [4.78, 5) is 12.1. The van der Waals surface area contributed by atoms with E-state index in [2.05, 4.69) is 6.92 Å². The van der Waals surface area contributed by atoms with Gasteiger partial charge >= 0.3 is 0 Å². The Hall–Kier alpha value is -1.16. The molecule has 2 rings (SSSR count). The molecular weight excluding hydrogens is 236 g/mol. The molecular formula is C13H16O3S. The number of Topliss-reactive ketones (excluding diaryl/α,β-unsaturated/α-hetero) is 1. The smallest absolute Gasteiger partial charge is 0.162 e. The van der Waals surface area contributed by atoms with Crippen LogP contribution in [0.4, 0.5) is 0 Å². The topological polar surface area (TPSA) is 35.5 Å². The SMILES string of the molecule is CC(=O)CC(C)Sc1ccc2c(c1)OCCO2. The van der Waals surface area contributed by atoms with Crippen LogP contribution in [0.1, 0.15) is 20.3 Å². The van der Waals surface area contributed by atoms with Gasteiger partial charge in [0.25, 0.3) is 0 Å². The van der Waals surface area contributed by atoms with Crippen molar-refractivity contribution in [2.75, 3.05) is 13.2 Å². The molecule has 17 heavy (non-hydrogen) atoms. The Kier molecular flexibility index (Phi) is 3.94. The average molecular weight is 252 g/mol. The molecule has 1 atom stereocenters. The molecule has 0 spiro atoms. The average Bonchev–Trinajstić information content (AvgIpc) is 2.27. The number of thioether (sulfide) groups is 1. The van der Waals surface area contributed by atoms with Gasteiger partial charge in [-0.1, -0.05) is 6.92 Å². The van der Waals surface area contributed by atoms with Crippen LogP contribution in [-0.4, -0.2) is 24.2 Å². The van der Waals surface area contributed by atoms with E-state index in [0.29, 0.717) is 19.6 Å². The van der Waals surface area contributed by atoms with Crippen LogP contribution in [0.3, 0.4) is 0 Å². The monoisotopic (exact) mass is 252 g/mol. The fourth-order valence-electron chi connectivity index (χ4n) is 1.78. The predicted molar refractivity (Wildman–Crippen MR) is 68.0 cm³/mol. The van der Waals surface area contributed by atoms with Crippen LogP contribution in [0.15, 0.2) is 23.1 Å². The van der Waals surface area contributed by atoms with E-state index in [4.69, 9.17) is 9.47 Å². The molecule has 0 N–H and O–H groups in total. The number of hydrogen-bond donors (Lipinski definition) is 0. The van der Waals surface area contributed by atoms with Gasteiger partial charge in [0.1, 0.15) is 19.0 Å². The van der Waals surface area contributed by atoms with Crippen LogP contribution in [0.5, 0.6) is 11.5 Å². The molecule has 0 aliphatic carbocycles. The van der Waals surface area contributed by atoms with Crippen LogP contribution in [0.2, 0.25) is 0 Å². The standard InChI is InChI=1S/C13H16O3S/c1-9(14)7-10(2)17-11-3-4-12-13(8-11)16-6-5-15-12/h3-4,8,10H,5-7H2,1-2H3. The minimum Gasteiger partial charge on any atom is -0.486 e. The Labute approximate surface area is 105 Å². The van der Waals surface area contributed by atoms with E-state index in [0.717, 1.165) is 16.4 Å². The molecule has 1 aliphatic rings. The van der Waals surface area contributed by atoms with Gasteiger partial charge in [-0.3, -0.25) is 4.79 Å². The Bertz CT molecular complexity index is 417. The molecule has 0 amide bonds. The van der Waals surface area contributed by atoms with E-state index in [1.807, 2.05) is 18.2 Å². The van der Waals surface area contributed by atoms with Crippen molar-refractivity contribution in [2.24, 2.45) is 0 Å². The quantitative estimate of drug-likeness (QED) is 0.772. The molecule has 0 radical (unpaired) electrons. The summed E-state index contributed by atoms with van der Waals surface area (Å²) < 4.78 is 11.0. The first-order valence-electron chi connectivity index (χ1n) is 5.71. The molecule has 1 unspecified atom stereocenters. The number of fused-ring (bicyclic) bond motifs is 1. The molecule has 0 bridgehead atoms. The first kappa shape index (κ1) is 12.3. The second kappa shape index (κ2) is 5.45. The Morgan fingerprint density at radius 3 is 2.76 bits per heavy atom. The van der Waals surface area contributed by atoms with Crippen LogP contribution >= 0.6 is 11.8 Å². The molecule has 4 heteroatoms. The van der Waals surface area contributed by atoms with Gasteiger partial charge in [-0.15, -0.1) is 11.8 Å². The number of carbonyl (C=O) groups excluding carboxylic acids is 1. The summed E-state index contributed by atoms with van der Waals surface area (Å²) >= 11 is 1.69. The normalized spacial score (nSPS) is 15.4. The van der Waals surface area contributed by atoms with Crippen molar-refractivity contribution in [2.45, 2.75) is 30.4 Å². The van der Waals surface area contributed by atoms with Crippen molar-refractivity contribution in [3.8, 4) is 11.5 Å². The number of hydrogen-bond acceptors (Lipinski definition) is 4. The van der Waals surface area contributed by atoms with Crippen LogP contribution in [0.25, 0.3) is 0 Å². The van der Waals surface area contributed by atoms with E-state index in [9.17, 15) is 4.79 Å². The maximum atomic E-state index is 11.0. The highest BCUT2D eigenvalue weighted by Gasteiger charge is 2.13. The maximum absolute atomic E-state index is 11.0. The van der Waals surface area contributed by atoms with Crippen LogP contribution in [-0.2, 0) is 4.79 Å². The summed E-state index contributed by atoms with van der Waals surface area (Å²) in [5.74, 6) is 1.83. The van der Waals surface area contributed by atoms with Gasteiger partial charge in [-0.05, 0) is 25.1 Å². The number of rotatable bonds is 4. The zero-order valence-electron chi connectivity index (χ0n) is 10.1. The number of benzene rings is 1. The number of ketones is 1. The van der Waals surface area contributed by atoms with E-state index in [-0.39, 0.29) is 11.0 Å². The minimum absolute atomic E-state index is 0.225. The van der Waals surface area contributed by atoms with Crippen LogP contribution < -0.4 is 9.47 Å². The molecule has 1 aliphatic heterocycles. The van der Waals surface area contributed by atoms with Crippen molar-refractivity contribution in [3.63, 3.8) is 0 Å². The molecule has 1 heterocycles. The lowest BCUT2D eigenvalue weighted by Gasteiger charge is -2.19. The number of ether oxygens (including phenoxy) is 2. The third-order valence-corrected chi connectivity index (χ3v) is 3.52. The van der Waals surface area contributed by atoms with E-state index >= 15 is 0 Å². The summed E-state index contributed by atoms with van der Waals surface area (Å²) in [6.45, 7) is 4.90. The molecule has 0 saturated heterocycles. The Morgan fingerprint density at radius 2 is 2.06 bits per heavy atom. The largest absolute Gasteiger partial charge is 0.486 e. The summed E-state index contributed by atoms with van der Waals surface area (Å²) in [5.41, 5.74) is 0. The van der Waals surface area contributed by atoms with E-state index < -0.39 is 0 Å². The molecule has 0 aromatic heterocycles. The van der Waals surface area contributed by atoms with Gasteiger partial charge in [-0.25, -0.2) is 0 Å². The zero-order valence-corrected chi connectivity index (χ0v) is 10.9. The van der Waals surface area contributed by atoms with E-state index in [1.54, 1.807) is 18.7 Å². The third-order valence-electron chi connectivity index (χ3n) is 2.43. The van der Waals surface area contributed by atoms with Crippen molar-refractivity contribution >= 4 is 17.5 Å². The molecule has 0 saturated carbocycles. The fraction of sp³-hybridized carbons (Fsp3) is 0.462. The van der Waals surface area contributed by atoms with Crippen molar-refractivity contribution < 1.29 is 14.3 Å². The molecule has 1 aromatic rings. The molecule has 92 valence electrons. The Morgan fingerprint density at radius 1 is 1.35 bits per heavy atom. The summed E-state index contributed by atoms with van der Waals surface area (Å²) in [6, 6.07) is 5.92. The molecule has 3 nitrogen and oxygen atoms in total. The first-order chi connectivity index (χ1) is 8.15. The van der Waals surface area contributed by atoms with Crippen LogP contribution in [0, 0.1) is 0 Å². The third kappa shape index (κ3) is 3.40. The maximum Gasteiger partial charge on any atom is 0.162 e. The van der Waals surface area contributed by atoms with Gasteiger partial charge in [0.2, 0.25) is 0 Å². The summed E-state index contributed by atoms with van der Waals surface area (Å²) in [6.07, 6.45) is 0.596. The van der Waals surface area contributed by atoms with Gasteiger partial charge in [0.15, 0.2) is 11.5 Å². The van der Waals surface area contributed by atoms with Gasteiger partial charge in [0.05, 0.1) is 0 Å². The lowest BCUT2D eigenvalue weighted by Crippen LogP contribution is -2.15. The molecule has 0 fully saturated rings. The fourth-order valence-corrected chi connectivity index (χ4v) is 2.88. The van der Waals surface area contributed by atoms with Gasteiger partial charge in [0, 0.05) is 16.6 Å². The van der Waals surface area contributed by atoms with Crippen molar-refractivity contribution in [3.05, 3.63) is 18.2 Å². The predicted octanol–water partition coefficient (Wildman–Crippen LogP) is 2.92. The second-order valence-corrected chi connectivity index (χ2v) is 5.65. The highest BCUT2D eigenvalue weighted by atomic mass is 32.2. The first-order valence-corrected chi connectivity index (χ1v) is 6.59. The second-order valence-electron chi connectivity index (χ2n) is 4.14. The van der Waals surface area contributed by atoms with Gasteiger partial charge < -0.3 is 9.47 Å². The summed E-state index contributed by atoms with van der Waals surface area (Å²) in [5, 5.41) is 0.287. The summed E-state index contributed by atoms with van der Waals surface area (Å²) in [7, 11) is 0. The van der Waals surface area contributed by atoms with Crippen molar-refractivity contribution in [1.29, 1.82) is 0 Å².